The Morgan fingerprint density at radius 3 is 2.45 bits per heavy atom. The van der Waals surface area contributed by atoms with E-state index in [4.69, 9.17) is 11.5 Å². The first kappa shape index (κ1) is 15.3. The van der Waals surface area contributed by atoms with Gasteiger partial charge in [-0.25, -0.2) is 8.42 Å². The molecule has 2 rings (SSSR count). The van der Waals surface area contributed by atoms with E-state index in [1.165, 1.54) is 10.4 Å². The number of primary amides is 1. The first-order chi connectivity index (χ1) is 9.32. The van der Waals surface area contributed by atoms with Gasteiger partial charge in [0.2, 0.25) is 15.9 Å². The second-order valence-corrected chi connectivity index (χ2v) is 7.53. The predicted octanol–water partition coefficient (Wildman–Crippen LogP) is 0.917. The number of halogens is 1. The molecule has 0 atom stereocenters. The third kappa shape index (κ3) is 2.97. The SMILES string of the molecule is NC(=O)C1CCN(S(=O)(=O)c2cc(N)ccc2Br)CC1. The van der Waals surface area contributed by atoms with E-state index < -0.39 is 10.0 Å². The number of nitrogens with two attached hydrogens (primary N) is 2. The summed E-state index contributed by atoms with van der Waals surface area (Å²) in [5.41, 5.74) is 11.3. The lowest BCUT2D eigenvalue weighted by Gasteiger charge is -2.30. The Hall–Kier alpha value is -1.12. The number of hydrogen-bond donors (Lipinski definition) is 2. The van der Waals surface area contributed by atoms with Crippen LogP contribution in [0.25, 0.3) is 0 Å². The lowest BCUT2D eigenvalue weighted by atomic mass is 9.98. The highest BCUT2D eigenvalue weighted by atomic mass is 79.9. The fourth-order valence-electron chi connectivity index (χ4n) is 2.24. The summed E-state index contributed by atoms with van der Waals surface area (Å²) in [6.45, 7) is 0.578. The minimum atomic E-state index is -3.61. The Morgan fingerprint density at radius 1 is 1.30 bits per heavy atom. The molecule has 1 aromatic rings. The summed E-state index contributed by atoms with van der Waals surface area (Å²) in [6.07, 6.45) is 0.906. The summed E-state index contributed by atoms with van der Waals surface area (Å²) < 4.78 is 27.0. The lowest BCUT2D eigenvalue weighted by Crippen LogP contribution is -2.41. The first-order valence-corrected chi connectivity index (χ1v) is 8.40. The first-order valence-electron chi connectivity index (χ1n) is 6.17. The Balaban J connectivity index is 2.24. The molecule has 110 valence electrons. The van der Waals surface area contributed by atoms with E-state index in [1.807, 2.05) is 0 Å². The zero-order valence-corrected chi connectivity index (χ0v) is 13.2. The molecule has 6 nitrogen and oxygen atoms in total. The average molecular weight is 362 g/mol. The van der Waals surface area contributed by atoms with Crippen molar-refractivity contribution >= 4 is 37.5 Å². The number of anilines is 1. The van der Waals surface area contributed by atoms with Crippen LogP contribution in [0.3, 0.4) is 0 Å². The molecule has 0 radical (unpaired) electrons. The number of nitrogen functional groups attached to an aromatic ring is 1. The van der Waals surface area contributed by atoms with Crippen molar-refractivity contribution in [2.45, 2.75) is 17.7 Å². The van der Waals surface area contributed by atoms with E-state index in [9.17, 15) is 13.2 Å². The molecule has 1 aromatic carbocycles. The fourth-order valence-corrected chi connectivity index (χ4v) is 4.67. The summed E-state index contributed by atoms with van der Waals surface area (Å²) in [6, 6.07) is 4.67. The zero-order valence-electron chi connectivity index (χ0n) is 10.8. The second kappa shape index (κ2) is 5.71. The number of piperidine rings is 1. The second-order valence-electron chi connectivity index (χ2n) is 4.77. The molecule has 1 amide bonds. The van der Waals surface area contributed by atoms with Gasteiger partial charge in [-0.1, -0.05) is 0 Å². The van der Waals surface area contributed by atoms with E-state index in [0.29, 0.717) is 23.0 Å². The summed E-state index contributed by atoms with van der Waals surface area (Å²) in [7, 11) is -3.61. The van der Waals surface area contributed by atoms with Crippen molar-refractivity contribution in [3.8, 4) is 0 Å². The minimum absolute atomic E-state index is 0.148. The van der Waals surface area contributed by atoms with Crippen LogP contribution in [0.5, 0.6) is 0 Å². The van der Waals surface area contributed by atoms with Crippen LogP contribution >= 0.6 is 15.9 Å². The van der Waals surface area contributed by atoms with Crippen molar-refractivity contribution in [3.63, 3.8) is 0 Å². The van der Waals surface area contributed by atoms with Crippen LogP contribution in [0, 0.1) is 5.92 Å². The summed E-state index contributed by atoms with van der Waals surface area (Å²) in [5, 5.41) is 0. The molecule has 0 unspecified atom stereocenters. The topological polar surface area (TPSA) is 106 Å². The van der Waals surface area contributed by atoms with Gasteiger partial charge in [0.05, 0.1) is 4.90 Å². The molecule has 0 saturated carbocycles. The van der Waals surface area contributed by atoms with Gasteiger partial charge >= 0.3 is 0 Å². The van der Waals surface area contributed by atoms with Gasteiger partial charge in [-0.2, -0.15) is 4.31 Å². The molecule has 0 bridgehead atoms. The summed E-state index contributed by atoms with van der Waals surface area (Å²) >= 11 is 3.23. The van der Waals surface area contributed by atoms with Gasteiger partial charge in [0.25, 0.3) is 0 Å². The van der Waals surface area contributed by atoms with E-state index in [2.05, 4.69) is 15.9 Å². The van der Waals surface area contributed by atoms with E-state index in [0.717, 1.165) is 0 Å². The number of amides is 1. The Bertz CT molecular complexity index is 625. The third-order valence-corrected chi connectivity index (χ3v) is 6.32. The molecule has 0 aliphatic carbocycles. The minimum Gasteiger partial charge on any atom is -0.399 e. The molecular weight excluding hydrogens is 346 g/mol. The van der Waals surface area contributed by atoms with E-state index in [-0.39, 0.29) is 29.8 Å². The van der Waals surface area contributed by atoms with Gasteiger partial charge < -0.3 is 11.5 Å². The standard InChI is InChI=1S/C12H16BrN3O3S/c13-10-2-1-9(14)7-11(10)20(18,19)16-5-3-8(4-6-16)12(15)17/h1-2,7-8H,3-6,14H2,(H2,15,17). The number of rotatable bonds is 3. The highest BCUT2D eigenvalue weighted by molar-refractivity contribution is 9.10. The van der Waals surface area contributed by atoms with Gasteiger partial charge in [0.1, 0.15) is 0 Å². The van der Waals surface area contributed by atoms with Crippen LogP contribution in [-0.4, -0.2) is 31.7 Å². The molecule has 0 aromatic heterocycles. The highest BCUT2D eigenvalue weighted by Crippen LogP contribution is 2.29. The smallest absolute Gasteiger partial charge is 0.244 e. The predicted molar refractivity (Wildman–Crippen MR) is 79.2 cm³/mol. The fraction of sp³-hybridized carbons (Fsp3) is 0.417. The largest absolute Gasteiger partial charge is 0.399 e. The molecule has 1 saturated heterocycles. The Kier molecular flexibility index (Phi) is 4.36. The van der Waals surface area contributed by atoms with Gasteiger partial charge in [0, 0.05) is 29.2 Å². The van der Waals surface area contributed by atoms with Crippen LogP contribution in [0.15, 0.2) is 27.6 Å². The van der Waals surface area contributed by atoms with Crippen LogP contribution in [0.1, 0.15) is 12.8 Å². The lowest BCUT2D eigenvalue weighted by molar-refractivity contribution is -0.122. The van der Waals surface area contributed by atoms with Crippen LogP contribution in [-0.2, 0) is 14.8 Å². The van der Waals surface area contributed by atoms with Crippen LogP contribution in [0.2, 0.25) is 0 Å². The molecule has 1 aliphatic rings. The number of nitrogens with zero attached hydrogens (tertiary/aromatic N) is 1. The molecule has 0 spiro atoms. The average Bonchev–Trinajstić information content (AvgIpc) is 2.41. The molecule has 1 heterocycles. The van der Waals surface area contributed by atoms with Crippen molar-refractivity contribution in [3.05, 3.63) is 22.7 Å². The van der Waals surface area contributed by atoms with E-state index in [1.54, 1.807) is 12.1 Å². The number of sulfonamides is 1. The van der Waals surface area contributed by atoms with Crippen molar-refractivity contribution in [2.24, 2.45) is 11.7 Å². The van der Waals surface area contributed by atoms with Crippen molar-refractivity contribution in [1.29, 1.82) is 0 Å². The van der Waals surface area contributed by atoms with Gasteiger partial charge in [-0.3, -0.25) is 4.79 Å². The highest BCUT2D eigenvalue weighted by Gasteiger charge is 2.32. The number of hydrogen-bond acceptors (Lipinski definition) is 4. The van der Waals surface area contributed by atoms with Gasteiger partial charge in [-0.15, -0.1) is 0 Å². The molecule has 1 fully saturated rings. The number of carbonyl (C=O) groups excluding carboxylic acids is 1. The maximum Gasteiger partial charge on any atom is 0.244 e. The van der Waals surface area contributed by atoms with Crippen molar-refractivity contribution in [2.75, 3.05) is 18.8 Å². The summed E-state index contributed by atoms with van der Waals surface area (Å²) in [5.74, 6) is -0.613. The van der Waals surface area contributed by atoms with Gasteiger partial charge in [0.15, 0.2) is 0 Å². The van der Waals surface area contributed by atoms with Crippen LogP contribution < -0.4 is 11.5 Å². The number of benzene rings is 1. The third-order valence-electron chi connectivity index (χ3n) is 3.43. The molecule has 20 heavy (non-hydrogen) atoms. The quantitative estimate of drug-likeness (QED) is 0.780. The molecule has 8 heteroatoms. The Labute approximate surface area is 126 Å². The maximum atomic E-state index is 12.6. The molecule has 1 aliphatic heterocycles. The van der Waals surface area contributed by atoms with Crippen LogP contribution in [0.4, 0.5) is 5.69 Å². The zero-order chi connectivity index (χ0) is 14.9. The van der Waals surface area contributed by atoms with Crippen molar-refractivity contribution in [1.82, 2.24) is 4.31 Å². The Morgan fingerprint density at radius 2 is 1.90 bits per heavy atom. The van der Waals surface area contributed by atoms with Gasteiger partial charge in [-0.05, 0) is 47.0 Å². The van der Waals surface area contributed by atoms with Crippen molar-refractivity contribution < 1.29 is 13.2 Å². The summed E-state index contributed by atoms with van der Waals surface area (Å²) in [4.78, 5) is 11.3. The molecule has 4 N–H and O–H groups in total. The monoisotopic (exact) mass is 361 g/mol. The maximum absolute atomic E-state index is 12.6. The molecular formula is C12H16BrN3O3S. The van der Waals surface area contributed by atoms with E-state index >= 15 is 0 Å². The number of carbonyl (C=O) groups is 1. The normalized spacial score (nSPS) is 18.1.